The van der Waals surface area contributed by atoms with Crippen molar-refractivity contribution in [2.75, 3.05) is 32.9 Å². The van der Waals surface area contributed by atoms with Gasteiger partial charge < -0.3 is 19.5 Å². The second kappa shape index (κ2) is 11.4. The van der Waals surface area contributed by atoms with Crippen molar-refractivity contribution in [1.82, 2.24) is 10.3 Å². The highest BCUT2D eigenvalue weighted by atomic mass is 16.5. The van der Waals surface area contributed by atoms with Gasteiger partial charge in [0.2, 0.25) is 0 Å². The quantitative estimate of drug-likeness (QED) is 0.386. The highest BCUT2D eigenvalue weighted by molar-refractivity contribution is 5.91. The van der Waals surface area contributed by atoms with Crippen molar-refractivity contribution in [3.8, 4) is 5.75 Å². The summed E-state index contributed by atoms with van der Waals surface area (Å²) in [5.74, 6) is -0.200. The number of morpholine rings is 1. The van der Waals surface area contributed by atoms with E-state index in [-0.39, 0.29) is 12.5 Å². The van der Waals surface area contributed by atoms with E-state index in [0.717, 1.165) is 0 Å². The van der Waals surface area contributed by atoms with E-state index in [9.17, 15) is 14.7 Å². The fourth-order valence-corrected chi connectivity index (χ4v) is 3.73. The summed E-state index contributed by atoms with van der Waals surface area (Å²) in [6.07, 6.45) is 1.47. The molecule has 1 fully saturated rings. The van der Waals surface area contributed by atoms with Gasteiger partial charge in [0, 0.05) is 13.1 Å². The van der Waals surface area contributed by atoms with E-state index in [1.165, 1.54) is 6.21 Å². The standard InChI is InChI=1S/C27H27N3O5/c31-25(30-15-17-34-18-16-30)20-35-24-13-11-21(12-14-24)19-28-29-26(32)27(33,22-7-3-1-4-8-22)23-9-5-2-6-10-23/h1-14,19,33H,15-18,20H2,(H,29,32)/b28-19-. The first-order valence-corrected chi connectivity index (χ1v) is 11.3. The molecular weight excluding hydrogens is 446 g/mol. The number of hydrogen-bond acceptors (Lipinski definition) is 6. The van der Waals surface area contributed by atoms with Crippen LogP contribution in [0.5, 0.6) is 5.75 Å². The zero-order valence-corrected chi connectivity index (χ0v) is 19.2. The van der Waals surface area contributed by atoms with Gasteiger partial charge in [0.1, 0.15) is 5.75 Å². The van der Waals surface area contributed by atoms with Gasteiger partial charge in [0.25, 0.3) is 11.8 Å². The maximum Gasteiger partial charge on any atom is 0.281 e. The number of hydrazone groups is 1. The van der Waals surface area contributed by atoms with Crippen LogP contribution in [0.2, 0.25) is 0 Å². The first-order valence-electron chi connectivity index (χ1n) is 11.3. The minimum atomic E-state index is -1.90. The Labute approximate surface area is 203 Å². The third-order valence-corrected chi connectivity index (χ3v) is 5.70. The first-order chi connectivity index (χ1) is 17.1. The number of nitrogens with zero attached hydrogens (tertiary/aromatic N) is 2. The molecule has 0 aromatic heterocycles. The van der Waals surface area contributed by atoms with Gasteiger partial charge in [0.05, 0.1) is 19.4 Å². The molecule has 0 bridgehead atoms. The average Bonchev–Trinajstić information content (AvgIpc) is 2.93. The molecule has 180 valence electrons. The Morgan fingerprint density at radius 2 is 1.51 bits per heavy atom. The number of rotatable bonds is 8. The number of carbonyl (C=O) groups excluding carboxylic acids is 2. The molecule has 0 radical (unpaired) electrons. The minimum absolute atomic E-state index is 0.0406. The van der Waals surface area contributed by atoms with Crippen LogP contribution < -0.4 is 10.2 Å². The number of aliphatic hydroxyl groups is 1. The average molecular weight is 474 g/mol. The molecule has 2 N–H and O–H groups in total. The maximum absolute atomic E-state index is 13.1. The molecule has 1 aliphatic heterocycles. The van der Waals surface area contributed by atoms with E-state index < -0.39 is 11.5 Å². The molecule has 0 atom stereocenters. The van der Waals surface area contributed by atoms with Crippen LogP contribution >= 0.6 is 0 Å². The van der Waals surface area contributed by atoms with Gasteiger partial charge in [-0.1, -0.05) is 60.7 Å². The maximum atomic E-state index is 13.1. The number of nitrogens with one attached hydrogen (secondary N) is 1. The van der Waals surface area contributed by atoms with E-state index in [2.05, 4.69) is 10.5 Å². The summed E-state index contributed by atoms with van der Waals surface area (Å²) in [5.41, 5.74) is 2.13. The second-order valence-corrected chi connectivity index (χ2v) is 7.99. The second-order valence-electron chi connectivity index (χ2n) is 7.99. The van der Waals surface area contributed by atoms with E-state index in [1.54, 1.807) is 77.7 Å². The highest BCUT2D eigenvalue weighted by Crippen LogP contribution is 2.29. The predicted molar refractivity (Wildman–Crippen MR) is 131 cm³/mol. The lowest BCUT2D eigenvalue weighted by Gasteiger charge is -2.27. The lowest BCUT2D eigenvalue weighted by atomic mass is 9.85. The zero-order chi connectivity index (χ0) is 24.5. The summed E-state index contributed by atoms with van der Waals surface area (Å²) in [7, 11) is 0. The molecule has 4 rings (SSSR count). The molecule has 0 saturated carbocycles. The number of hydrogen-bond donors (Lipinski definition) is 2. The van der Waals surface area contributed by atoms with E-state index in [0.29, 0.717) is 48.7 Å². The summed E-state index contributed by atoms with van der Waals surface area (Å²) in [5, 5.41) is 15.4. The van der Waals surface area contributed by atoms with Crippen LogP contribution in [-0.2, 0) is 19.9 Å². The van der Waals surface area contributed by atoms with Crippen LogP contribution in [-0.4, -0.2) is 60.9 Å². The van der Waals surface area contributed by atoms with Crippen LogP contribution in [0, 0.1) is 0 Å². The summed E-state index contributed by atoms with van der Waals surface area (Å²) in [4.78, 5) is 27.0. The van der Waals surface area contributed by atoms with Crippen LogP contribution in [0.25, 0.3) is 0 Å². The smallest absolute Gasteiger partial charge is 0.281 e. The summed E-state index contributed by atoms with van der Waals surface area (Å²) in [6, 6.07) is 24.4. The van der Waals surface area contributed by atoms with Gasteiger partial charge >= 0.3 is 0 Å². The van der Waals surface area contributed by atoms with Crippen molar-refractivity contribution in [1.29, 1.82) is 0 Å². The molecule has 0 unspecified atom stereocenters. The lowest BCUT2D eigenvalue weighted by Crippen LogP contribution is -2.43. The third-order valence-electron chi connectivity index (χ3n) is 5.70. The van der Waals surface area contributed by atoms with Gasteiger partial charge in [-0.05, 0) is 41.0 Å². The Hall–Kier alpha value is -4.01. The predicted octanol–water partition coefficient (Wildman–Crippen LogP) is 2.31. The molecule has 0 spiro atoms. The summed E-state index contributed by atoms with van der Waals surface area (Å²) >= 11 is 0. The van der Waals surface area contributed by atoms with Crippen LogP contribution in [0.15, 0.2) is 90.0 Å². The molecule has 0 aliphatic carbocycles. The Morgan fingerprint density at radius 1 is 0.943 bits per heavy atom. The van der Waals surface area contributed by atoms with Crippen LogP contribution in [0.3, 0.4) is 0 Å². The van der Waals surface area contributed by atoms with Crippen molar-refractivity contribution < 1.29 is 24.2 Å². The van der Waals surface area contributed by atoms with Gasteiger partial charge in [0.15, 0.2) is 12.2 Å². The van der Waals surface area contributed by atoms with Gasteiger partial charge in [-0.25, -0.2) is 5.43 Å². The molecule has 8 heteroatoms. The number of carbonyl (C=O) groups is 2. The Balaban J connectivity index is 1.37. The summed E-state index contributed by atoms with van der Waals surface area (Å²) < 4.78 is 10.8. The molecule has 35 heavy (non-hydrogen) atoms. The van der Waals surface area contributed by atoms with Crippen LogP contribution in [0.1, 0.15) is 16.7 Å². The highest BCUT2D eigenvalue weighted by Gasteiger charge is 2.39. The van der Waals surface area contributed by atoms with Crippen molar-refractivity contribution in [2.45, 2.75) is 5.60 Å². The van der Waals surface area contributed by atoms with Gasteiger partial charge in [-0.2, -0.15) is 5.10 Å². The number of amides is 2. The normalized spacial score (nSPS) is 14.0. The van der Waals surface area contributed by atoms with Gasteiger partial charge in [-0.15, -0.1) is 0 Å². The van der Waals surface area contributed by atoms with E-state index in [4.69, 9.17) is 9.47 Å². The molecule has 1 saturated heterocycles. The largest absolute Gasteiger partial charge is 0.484 e. The molecule has 1 heterocycles. The lowest BCUT2D eigenvalue weighted by molar-refractivity contribution is -0.137. The zero-order valence-electron chi connectivity index (χ0n) is 19.2. The van der Waals surface area contributed by atoms with Crippen molar-refractivity contribution in [3.05, 3.63) is 102 Å². The minimum Gasteiger partial charge on any atom is -0.484 e. The first kappa shape index (κ1) is 24.1. The monoisotopic (exact) mass is 473 g/mol. The number of benzene rings is 3. The molecule has 3 aromatic carbocycles. The van der Waals surface area contributed by atoms with Gasteiger partial charge in [-0.3, -0.25) is 9.59 Å². The van der Waals surface area contributed by atoms with E-state index in [1.807, 2.05) is 12.1 Å². The number of ether oxygens (including phenoxy) is 2. The topological polar surface area (TPSA) is 100 Å². The Morgan fingerprint density at radius 3 is 2.09 bits per heavy atom. The fraction of sp³-hybridized carbons (Fsp3) is 0.222. The van der Waals surface area contributed by atoms with Crippen molar-refractivity contribution >= 4 is 18.0 Å². The fourth-order valence-electron chi connectivity index (χ4n) is 3.73. The molecule has 3 aromatic rings. The Bertz CT molecular complexity index is 1100. The summed E-state index contributed by atoms with van der Waals surface area (Å²) in [6.45, 7) is 2.20. The molecule has 8 nitrogen and oxygen atoms in total. The van der Waals surface area contributed by atoms with E-state index >= 15 is 0 Å². The Kier molecular flexibility index (Phi) is 7.87. The van der Waals surface area contributed by atoms with Crippen molar-refractivity contribution in [2.24, 2.45) is 5.10 Å². The van der Waals surface area contributed by atoms with Crippen LogP contribution in [0.4, 0.5) is 0 Å². The molecule has 1 aliphatic rings. The van der Waals surface area contributed by atoms with Crippen molar-refractivity contribution in [3.63, 3.8) is 0 Å². The molecular formula is C27H27N3O5. The SMILES string of the molecule is O=C(COc1ccc(/C=N\NC(=O)C(O)(c2ccccc2)c2ccccc2)cc1)N1CCOCC1. The third kappa shape index (κ3) is 5.92. The molecule has 2 amide bonds.